The molecule has 0 aromatic carbocycles. The van der Waals surface area contributed by atoms with Gasteiger partial charge >= 0.3 is 39.5 Å². The Balaban J connectivity index is 5.24. The van der Waals surface area contributed by atoms with Crippen LogP contribution in [0.3, 0.4) is 0 Å². The molecule has 486 valence electrons. The molecule has 0 saturated carbocycles. The lowest BCUT2D eigenvalue weighted by atomic mass is 10.0. The van der Waals surface area contributed by atoms with Crippen molar-refractivity contribution in [2.45, 2.75) is 324 Å². The van der Waals surface area contributed by atoms with Gasteiger partial charge in [-0.3, -0.25) is 37.3 Å². The lowest BCUT2D eigenvalue weighted by Crippen LogP contribution is -2.30. The third-order valence-corrected chi connectivity index (χ3v) is 16.3. The van der Waals surface area contributed by atoms with Crippen molar-refractivity contribution in [1.29, 1.82) is 0 Å². The summed E-state index contributed by atoms with van der Waals surface area (Å²) in [5.74, 6) is -0.0414. The monoisotopic (exact) mass is 1210 g/mol. The number of rotatable bonds is 61. The Morgan fingerprint density at radius 2 is 0.561 bits per heavy atom. The van der Waals surface area contributed by atoms with Gasteiger partial charge in [0.05, 0.1) is 26.4 Å². The molecule has 0 heterocycles. The van der Waals surface area contributed by atoms with Gasteiger partial charge in [0.2, 0.25) is 0 Å². The van der Waals surface area contributed by atoms with Crippen LogP contribution in [0.25, 0.3) is 0 Å². The largest absolute Gasteiger partial charge is 0.472 e. The van der Waals surface area contributed by atoms with E-state index in [4.69, 9.17) is 37.0 Å². The van der Waals surface area contributed by atoms with Crippen LogP contribution in [0.4, 0.5) is 0 Å². The summed E-state index contributed by atoms with van der Waals surface area (Å²) >= 11 is 0. The van der Waals surface area contributed by atoms with Crippen LogP contribution in [-0.4, -0.2) is 96.7 Å². The van der Waals surface area contributed by atoms with Gasteiger partial charge in [-0.1, -0.05) is 254 Å². The van der Waals surface area contributed by atoms with Gasteiger partial charge in [-0.25, -0.2) is 9.13 Å². The summed E-state index contributed by atoms with van der Waals surface area (Å²) < 4.78 is 67.9. The number of hydrogen-bond donors (Lipinski definition) is 3. The third-order valence-electron chi connectivity index (χ3n) is 14.4. The highest BCUT2D eigenvalue weighted by Gasteiger charge is 2.30. The smallest absolute Gasteiger partial charge is 0.462 e. The normalized spacial score (nSPS) is 14.4. The minimum atomic E-state index is -4.94. The standard InChI is InChI=1S/C63H122O17P2/c1-8-9-10-11-12-13-14-18-21-30-37-44-60(65)73-50-58(79-62(67)46-39-32-22-19-16-15-17-20-27-34-41-54(2)3)52-77-81(69,70)75-48-57(64)49-76-82(71,72)78-53-59(80-63(68)47-40-33-26-24-29-36-43-56(6)7)51-74-61(66)45-38-31-25-23-28-35-42-55(4)5/h54-59,64H,8-53H2,1-7H3,(H,69,70)(H,71,72)/t57-,58-,59-/m1/s1. The van der Waals surface area contributed by atoms with Crippen molar-refractivity contribution in [2.75, 3.05) is 39.6 Å². The van der Waals surface area contributed by atoms with E-state index in [9.17, 15) is 43.2 Å². The first kappa shape index (κ1) is 80.1. The molecule has 0 radical (unpaired) electrons. The van der Waals surface area contributed by atoms with E-state index in [1.54, 1.807) is 0 Å². The van der Waals surface area contributed by atoms with Crippen molar-refractivity contribution in [3.8, 4) is 0 Å². The van der Waals surface area contributed by atoms with E-state index in [-0.39, 0.29) is 25.7 Å². The maximum Gasteiger partial charge on any atom is 0.472 e. The van der Waals surface area contributed by atoms with Gasteiger partial charge in [-0.05, 0) is 43.4 Å². The molecule has 0 amide bonds. The number of unbranched alkanes of at least 4 members (excludes halogenated alkanes) is 29. The number of carbonyl (C=O) groups is 4. The number of carbonyl (C=O) groups excluding carboxylic acids is 4. The molecule has 19 heteroatoms. The highest BCUT2D eigenvalue weighted by molar-refractivity contribution is 7.47. The molecule has 3 N–H and O–H groups in total. The summed E-state index contributed by atoms with van der Waals surface area (Å²) in [6, 6.07) is 0. The summed E-state index contributed by atoms with van der Waals surface area (Å²) in [5.41, 5.74) is 0. The van der Waals surface area contributed by atoms with Gasteiger partial charge in [0, 0.05) is 25.7 Å². The summed E-state index contributed by atoms with van der Waals surface area (Å²) in [6.07, 6.45) is 35.1. The lowest BCUT2D eigenvalue weighted by Gasteiger charge is -2.21. The van der Waals surface area contributed by atoms with Gasteiger partial charge in [0.1, 0.15) is 19.3 Å². The molecule has 0 aromatic heterocycles. The van der Waals surface area contributed by atoms with Gasteiger partial charge in [0.25, 0.3) is 0 Å². The molecular weight excluding hydrogens is 1090 g/mol. The zero-order valence-electron chi connectivity index (χ0n) is 52.9. The molecule has 0 rings (SSSR count). The van der Waals surface area contributed by atoms with Crippen molar-refractivity contribution in [3.63, 3.8) is 0 Å². The molecule has 0 aliphatic carbocycles. The van der Waals surface area contributed by atoms with Crippen LogP contribution in [-0.2, 0) is 65.4 Å². The van der Waals surface area contributed by atoms with E-state index in [0.29, 0.717) is 37.5 Å². The summed E-state index contributed by atoms with van der Waals surface area (Å²) in [6.45, 7) is 11.6. The second-order valence-electron chi connectivity index (χ2n) is 24.2. The van der Waals surface area contributed by atoms with E-state index in [0.717, 1.165) is 102 Å². The number of aliphatic hydroxyl groups excluding tert-OH is 1. The number of phosphoric acid groups is 2. The Labute approximate surface area is 498 Å². The van der Waals surface area contributed by atoms with E-state index >= 15 is 0 Å². The fourth-order valence-corrected chi connectivity index (χ4v) is 10.9. The van der Waals surface area contributed by atoms with E-state index in [1.807, 2.05) is 0 Å². The molecule has 0 aromatic rings. The zero-order chi connectivity index (χ0) is 61.0. The molecule has 0 bridgehead atoms. The fourth-order valence-electron chi connectivity index (χ4n) is 9.30. The topological polar surface area (TPSA) is 237 Å². The first-order valence-corrected chi connectivity index (χ1v) is 35.8. The van der Waals surface area contributed by atoms with Crippen LogP contribution >= 0.6 is 15.6 Å². The quantitative estimate of drug-likeness (QED) is 0.0222. The highest BCUT2D eigenvalue weighted by Crippen LogP contribution is 2.45. The molecule has 0 aliphatic heterocycles. The summed E-state index contributed by atoms with van der Waals surface area (Å²) in [7, 11) is -9.88. The number of hydrogen-bond acceptors (Lipinski definition) is 15. The summed E-state index contributed by atoms with van der Waals surface area (Å²) in [5, 5.41) is 10.5. The molecule has 5 atom stereocenters. The molecule has 0 fully saturated rings. The predicted octanol–water partition coefficient (Wildman–Crippen LogP) is 17.1. The van der Waals surface area contributed by atoms with Gasteiger partial charge in [-0.15, -0.1) is 0 Å². The van der Waals surface area contributed by atoms with Gasteiger partial charge in [0.15, 0.2) is 12.2 Å². The Kier molecular flexibility index (Phi) is 53.2. The number of aliphatic hydroxyl groups is 1. The fraction of sp³-hybridized carbons (Fsp3) is 0.937. The SMILES string of the molecule is CCCCCCCCCCCCCC(=O)OC[C@H](COP(=O)(O)OC[C@@H](O)COP(=O)(O)OC[C@@H](COC(=O)CCCCCCCCC(C)C)OC(=O)CCCCCCCCC(C)C)OC(=O)CCCCCCCCCCCCC(C)C. The molecular formula is C63H122O17P2. The minimum absolute atomic E-state index is 0.101. The maximum atomic E-state index is 13.0. The number of esters is 4. The van der Waals surface area contributed by atoms with Crippen LogP contribution in [0.5, 0.6) is 0 Å². The Hall–Kier alpha value is -1.94. The second-order valence-corrected chi connectivity index (χ2v) is 27.1. The molecule has 0 aliphatic rings. The molecule has 0 spiro atoms. The predicted molar refractivity (Wildman–Crippen MR) is 326 cm³/mol. The Bertz CT molecular complexity index is 1630. The maximum absolute atomic E-state index is 13.0. The van der Waals surface area contributed by atoms with Crippen molar-refractivity contribution in [2.24, 2.45) is 17.8 Å². The van der Waals surface area contributed by atoms with Gasteiger partial charge < -0.3 is 33.8 Å². The third kappa shape index (κ3) is 57.2. The van der Waals surface area contributed by atoms with Crippen LogP contribution < -0.4 is 0 Å². The van der Waals surface area contributed by atoms with Gasteiger partial charge in [-0.2, -0.15) is 0 Å². The number of phosphoric ester groups is 2. The first-order chi connectivity index (χ1) is 39.2. The van der Waals surface area contributed by atoms with Crippen molar-refractivity contribution < 1.29 is 80.2 Å². The lowest BCUT2D eigenvalue weighted by molar-refractivity contribution is -0.161. The van der Waals surface area contributed by atoms with Crippen LogP contribution in [0.15, 0.2) is 0 Å². The van der Waals surface area contributed by atoms with Crippen LogP contribution in [0.2, 0.25) is 0 Å². The van der Waals surface area contributed by atoms with Crippen molar-refractivity contribution in [1.82, 2.24) is 0 Å². The van der Waals surface area contributed by atoms with E-state index in [1.165, 1.54) is 109 Å². The molecule has 0 saturated heterocycles. The van der Waals surface area contributed by atoms with Crippen LogP contribution in [0, 0.1) is 17.8 Å². The van der Waals surface area contributed by atoms with E-state index < -0.39 is 97.5 Å². The zero-order valence-corrected chi connectivity index (χ0v) is 54.7. The second kappa shape index (κ2) is 54.5. The summed E-state index contributed by atoms with van der Waals surface area (Å²) in [4.78, 5) is 72.1. The van der Waals surface area contributed by atoms with E-state index in [2.05, 4.69) is 48.5 Å². The van der Waals surface area contributed by atoms with Crippen molar-refractivity contribution >= 4 is 39.5 Å². The Morgan fingerprint density at radius 1 is 0.329 bits per heavy atom. The molecule has 82 heavy (non-hydrogen) atoms. The van der Waals surface area contributed by atoms with Crippen molar-refractivity contribution in [3.05, 3.63) is 0 Å². The van der Waals surface area contributed by atoms with Crippen LogP contribution in [0.1, 0.15) is 305 Å². The highest BCUT2D eigenvalue weighted by atomic mass is 31.2. The average molecular weight is 1210 g/mol. The molecule has 2 unspecified atom stereocenters. The number of ether oxygens (including phenoxy) is 4. The minimum Gasteiger partial charge on any atom is -0.462 e. The average Bonchev–Trinajstić information content (AvgIpc) is 3.44. The molecule has 17 nitrogen and oxygen atoms in total. The first-order valence-electron chi connectivity index (χ1n) is 32.8. The Morgan fingerprint density at radius 3 is 0.829 bits per heavy atom.